The van der Waals surface area contributed by atoms with E-state index < -0.39 is 6.04 Å². The molecule has 0 radical (unpaired) electrons. The van der Waals surface area contributed by atoms with Crippen molar-refractivity contribution < 1.29 is 9.59 Å². The monoisotopic (exact) mass is 336 g/mol. The summed E-state index contributed by atoms with van der Waals surface area (Å²) in [5.74, 6) is 0.736. The normalized spacial score (nSPS) is 12.0. The van der Waals surface area contributed by atoms with Crippen LogP contribution in [0.5, 0.6) is 0 Å². The zero-order valence-corrected chi connectivity index (χ0v) is 15.3. The molecule has 2 N–H and O–H groups in total. The molecule has 0 spiro atoms. The number of benzene rings is 1. The highest BCUT2D eigenvalue weighted by Crippen LogP contribution is 2.22. The number of nitrogens with one attached hydrogen (secondary N) is 2. The van der Waals surface area contributed by atoms with Gasteiger partial charge in [-0.3, -0.25) is 9.59 Å². The molecule has 0 heterocycles. The average molecular weight is 337 g/mol. The molecule has 128 valence electrons. The van der Waals surface area contributed by atoms with E-state index in [-0.39, 0.29) is 11.8 Å². The second kappa shape index (κ2) is 10.3. The first kappa shape index (κ1) is 19.6. The van der Waals surface area contributed by atoms with Gasteiger partial charge in [-0.05, 0) is 30.0 Å². The van der Waals surface area contributed by atoms with Crippen LogP contribution in [0.4, 0.5) is 0 Å². The molecule has 0 saturated heterocycles. The van der Waals surface area contributed by atoms with Gasteiger partial charge in [0.2, 0.25) is 11.8 Å². The van der Waals surface area contributed by atoms with E-state index in [2.05, 4.69) is 55.7 Å². The third-order valence-electron chi connectivity index (χ3n) is 3.49. The Morgan fingerprint density at radius 1 is 1.17 bits per heavy atom. The van der Waals surface area contributed by atoms with Gasteiger partial charge in [0, 0.05) is 24.1 Å². The molecule has 1 unspecified atom stereocenters. The van der Waals surface area contributed by atoms with E-state index in [1.807, 2.05) is 0 Å². The smallest absolute Gasteiger partial charge is 0.243 e. The van der Waals surface area contributed by atoms with Crippen molar-refractivity contribution in [3.63, 3.8) is 0 Å². The Labute approximate surface area is 143 Å². The molecular formula is C18H28N2O2S. The second-order valence-corrected chi connectivity index (χ2v) is 7.03. The van der Waals surface area contributed by atoms with Crippen molar-refractivity contribution in [2.24, 2.45) is 0 Å². The molecule has 1 atom stereocenters. The van der Waals surface area contributed by atoms with Gasteiger partial charge in [0.1, 0.15) is 6.04 Å². The molecule has 23 heavy (non-hydrogen) atoms. The summed E-state index contributed by atoms with van der Waals surface area (Å²) in [5, 5.41) is 5.62. The van der Waals surface area contributed by atoms with Gasteiger partial charge in [0.15, 0.2) is 0 Å². The van der Waals surface area contributed by atoms with Crippen LogP contribution >= 0.6 is 11.8 Å². The van der Waals surface area contributed by atoms with E-state index in [0.717, 1.165) is 17.7 Å². The quantitative estimate of drug-likeness (QED) is 0.537. The van der Waals surface area contributed by atoms with Crippen molar-refractivity contribution >= 4 is 23.6 Å². The third-order valence-corrected chi connectivity index (χ3v) is 4.59. The first-order valence-electron chi connectivity index (χ1n) is 8.21. The minimum absolute atomic E-state index is 0.111. The van der Waals surface area contributed by atoms with Crippen molar-refractivity contribution in [2.45, 2.75) is 57.4 Å². The summed E-state index contributed by atoms with van der Waals surface area (Å²) in [7, 11) is 0. The fourth-order valence-corrected chi connectivity index (χ4v) is 2.99. The highest BCUT2D eigenvalue weighted by atomic mass is 32.2. The summed E-state index contributed by atoms with van der Waals surface area (Å²) >= 11 is 1.58. The van der Waals surface area contributed by atoms with Crippen LogP contribution in [0.25, 0.3) is 0 Å². The molecular weight excluding hydrogens is 308 g/mol. The van der Waals surface area contributed by atoms with Crippen LogP contribution in [-0.4, -0.2) is 30.2 Å². The number of hydrogen-bond donors (Lipinski definition) is 2. The van der Waals surface area contributed by atoms with Gasteiger partial charge in [-0.25, -0.2) is 0 Å². The molecule has 0 aliphatic rings. The highest BCUT2D eigenvalue weighted by molar-refractivity contribution is 7.99. The Bertz CT molecular complexity index is 500. The molecule has 4 nitrogen and oxygen atoms in total. The van der Waals surface area contributed by atoms with Crippen molar-refractivity contribution in [3.8, 4) is 0 Å². The van der Waals surface area contributed by atoms with Crippen LogP contribution in [-0.2, 0) is 9.59 Å². The van der Waals surface area contributed by atoms with Crippen LogP contribution in [0, 0.1) is 0 Å². The summed E-state index contributed by atoms with van der Waals surface area (Å²) in [6, 6.07) is 7.86. The van der Waals surface area contributed by atoms with Gasteiger partial charge >= 0.3 is 0 Å². The maximum atomic E-state index is 12.2. The van der Waals surface area contributed by atoms with Gasteiger partial charge in [-0.1, -0.05) is 39.3 Å². The van der Waals surface area contributed by atoms with Crippen LogP contribution in [0.1, 0.15) is 52.0 Å². The van der Waals surface area contributed by atoms with Crippen LogP contribution in [0.2, 0.25) is 0 Å². The Balaban J connectivity index is 2.59. The topological polar surface area (TPSA) is 58.2 Å². The molecule has 0 aromatic heterocycles. The predicted molar refractivity (Wildman–Crippen MR) is 96.8 cm³/mol. The molecule has 5 heteroatoms. The number of hydrogen-bond acceptors (Lipinski definition) is 3. The molecule has 1 aromatic rings. The predicted octanol–water partition coefficient (Wildman–Crippen LogP) is 3.32. The Hall–Kier alpha value is -1.49. The van der Waals surface area contributed by atoms with Crippen molar-refractivity contribution in [1.82, 2.24) is 10.6 Å². The number of carbonyl (C=O) groups excluding carboxylic acids is 2. The van der Waals surface area contributed by atoms with Gasteiger partial charge in [0.05, 0.1) is 0 Å². The SMILES string of the molecule is CCCCNC(=O)C(CSc1ccc(C(C)C)cc1)NC(C)=O. The summed E-state index contributed by atoms with van der Waals surface area (Å²) in [6.07, 6.45) is 1.98. The Morgan fingerprint density at radius 3 is 2.35 bits per heavy atom. The lowest BCUT2D eigenvalue weighted by Gasteiger charge is -2.17. The number of carbonyl (C=O) groups is 2. The lowest BCUT2D eigenvalue weighted by Crippen LogP contribution is -2.47. The van der Waals surface area contributed by atoms with Crippen molar-refractivity contribution in [3.05, 3.63) is 29.8 Å². The van der Waals surface area contributed by atoms with E-state index >= 15 is 0 Å². The van der Waals surface area contributed by atoms with Crippen LogP contribution in [0.15, 0.2) is 29.2 Å². The maximum absolute atomic E-state index is 12.2. The van der Waals surface area contributed by atoms with Gasteiger partial charge in [0.25, 0.3) is 0 Å². The maximum Gasteiger partial charge on any atom is 0.243 e. The first-order chi connectivity index (χ1) is 10.9. The minimum atomic E-state index is -0.501. The standard InChI is InChI=1S/C18H28N2O2S/c1-5-6-11-19-18(22)17(20-14(4)21)12-23-16-9-7-15(8-10-16)13(2)3/h7-10,13,17H,5-6,11-12H2,1-4H3,(H,19,22)(H,20,21). The fourth-order valence-electron chi connectivity index (χ4n) is 2.07. The summed E-state index contributed by atoms with van der Waals surface area (Å²) < 4.78 is 0. The molecule has 0 saturated carbocycles. The lowest BCUT2D eigenvalue weighted by atomic mass is 10.0. The van der Waals surface area contributed by atoms with Gasteiger partial charge in [-0.2, -0.15) is 0 Å². The highest BCUT2D eigenvalue weighted by Gasteiger charge is 2.19. The largest absolute Gasteiger partial charge is 0.354 e. The van der Waals surface area contributed by atoms with E-state index in [4.69, 9.17) is 0 Å². The lowest BCUT2D eigenvalue weighted by molar-refractivity contribution is -0.127. The molecule has 0 aliphatic heterocycles. The molecule has 2 amide bonds. The molecule has 1 aromatic carbocycles. The van der Waals surface area contributed by atoms with Gasteiger partial charge < -0.3 is 10.6 Å². The molecule has 1 rings (SSSR count). The fraction of sp³-hybridized carbons (Fsp3) is 0.556. The number of amides is 2. The summed E-state index contributed by atoms with van der Waals surface area (Å²) in [4.78, 5) is 24.6. The van der Waals surface area contributed by atoms with Crippen LogP contribution < -0.4 is 10.6 Å². The Kier molecular flexibility index (Phi) is 8.77. The van der Waals surface area contributed by atoms with E-state index in [9.17, 15) is 9.59 Å². The molecule has 0 bridgehead atoms. The average Bonchev–Trinajstić information content (AvgIpc) is 2.51. The first-order valence-corrected chi connectivity index (χ1v) is 9.20. The third kappa shape index (κ3) is 7.55. The zero-order chi connectivity index (χ0) is 17.2. The number of thioether (sulfide) groups is 1. The van der Waals surface area contributed by atoms with E-state index in [1.165, 1.54) is 12.5 Å². The summed E-state index contributed by atoms with van der Waals surface area (Å²) in [5.41, 5.74) is 1.30. The number of unbranched alkanes of at least 4 members (excludes halogenated alkanes) is 1. The Morgan fingerprint density at radius 2 is 1.83 bits per heavy atom. The molecule has 0 aliphatic carbocycles. The van der Waals surface area contributed by atoms with Gasteiger partial charge in [-0.15, -0.1) is 11.8 Å². The van der Waals surface area contributed by atoms with Crippen molar-refractivity contribution in [1.29, 1.82) is 0 Å². The van der Waals surface area contributed by atoms with Crippen molar-refractivity contribution in [2.75, 3.05) is 12.3 Å². The minimum Gasteiger partial charge on any atom is -0.354 e. The zero-order valence-electron chi connectivity index (χ0n) is 14.5. The summed E-state index contributed by atoms with van der Waals surface area (Å²) in [6.45, 7) is 8.49. The van der Waals surface area contributed by atoms with Crippen LogP contribution in [0.3, 0.4) is 0 Å². The molecule has 0 fully saturated rings. The number of rotatable bonds is 9. The van der Waals surface area contributed by atoms with E-state index in [1.54, 1.807) is 11.8 Å². The second-order valence-electron chi connectivity index (χ2n) is 5.93. The van der Waals surface area contributed by atoms with E-state index in [0.29, 0.717) is 18.2 Å².